The second kappa shape index (κ2) is 5.31. The van der Waals surface area contributed by atoms with Crippen LogP contribution in [0.4, 0.5) is 14.5 Å². The number of hydrogen-bond acceptors (Lipinski definition) is 3. The minimum atomic E-state index is -1.30. The number of hydrogen-bond donors (Lipinski definition) is 0. The Hall–Kier alpha value is -2.02. The molecule has 2 aromatic rings. The molecule has 0 spiro atoms. The maximum absolute atomic E-state index is 13.1. The van der Waals surface area contributed by atoms with E-state index in [4.69, 9.17) is 4.74 Å². The van der Waals surface area contributed by atoms with E-state index in [0.29, 0.717) is 16.6 Å². The van der Waals surface area contributed by atoms with Crippen molar-refractivity contribution in [2.24, 2.45) is 0 Å². The fourth-order valence-corrected chi connectivity index (χ4v) is 1.78. The van der Waals surface area contributed by atoms with Crippen LogP contribution in [0.15, 0.2) is 40.9 Å². The van der Waals surface area contributed by atoms with Crippen LogP contribution in [0.25, 0.3) is 0 Å². The van der Waals surface area contributed by atoms with Gasteiger partial charge in [0.15, 0.2) is 11.6 Å². The molecule has 0 bridgehead atoms. The maximum Gasteiger partial charge on any atom is 0.314 e. The second-order valence-corrected chi connectivity index (χ2v) is 4.47. The van der Waals surface area contributed by atoms with E-state index in [9.17, 15) is 18.9 Å². The summed E-state index contributed by atoms with van der Waals surface area (Å²) < 4.78 is 32.0. The van der Waals surface area contributed by atoms with Gasteiger partial charge in [-0.2, -0.15) is 0 Å². The van der Waals surface area contributed by atoms with Crippen molar-refractivity contribution in [3.63, 3.8) is 0 Å². The molecule has 98 valence electrons. The standard InChI is InChI=1S/C12H6BrF2NO3/c13-7-2-1-3-8(4-7)19-12-6-10(15)9(14)5-11(12)16(17)18/h1-6H. The van der Waals surface area contributed by atoms with E-state index in [-0.39, 0.29) is 11.5 Å². The van der Waals surface area contributed by atoms with Crippen molar-refractivity contribution in [3.8, 4) is 11.5 Å². The maximum atomic E-state index is 13.1. The van der Waals surface area contributed by atoms with Gasteiger partial charge >= 0.3 is 5.69 Å². The summed E-state index contributed by atoms with van der Waals surface area (Å²) in [4.78, 5) is 9.93. The highest BCUT2D eigenvalue weighted by Crippen LogP contribution is 2.33. The molecule has 0 saturated heterocycles. The topological polar surface area (TPSA) is 52.4 Å². The van der Waals surface area contributed by atoms with E-state index < -0.39 is 22.2 Å². The minimum absolute atomic E-state index is 0.267. The van der Waals surface area contributed by atoms with E-state index in [1.807, 2.05) is 0 Å². The van der Waals surface area contributed by atoms with Crippen molar-refractivity contribution in [2.45, 2.75) is 0 Å². The molecule has 0 atom stereocenters. The second-order valence-electron chi connectivity index (χ2n) is 3.55. The van der Waals surface area contributed by atoms with E-state index in [0.717, 1.165) is 0 Å². The Bertz CT molecular complexity index is 649. The van der Waals surface area contributed by atoms with Crippen LogP contribution in [0.5, 0.6) is 11.5 Å². The predicted molar refractivity (Wildman–Crippen MR) is 67.2 cm³/mol. The summed E-state index contributed by atoms with van der Waals surface area (Å²) in [7, 11) is 0. The molecule has 2 aromatic carbocycles. The van der Waals surface area contributed by atoms with Crippen LogP contribution in [0, 0.1) is 21.7 Å². The summed E-state index contributed by atoms with van der Waals surface area (Å²) in [5, 5.41) is 10.8. The molecule has 0 fully saturated rings. The average Bonchev–Trinajstić information content (AvgIpc) is 2.33. The van der Waals surface area contributed by atoms with Crippen LogP contribution >= 0.6 is 15.9 Å². The number of halogens is 3. The molecule has 4 nitrogen and oxygen atoms in total. The Balaban J connectivity index is 2.44. The van der Waals surface area contributed by atoms with Crippen molar-refractivity contribution in [2.75, 3.05) is 0 Å². The quantitative estimate of drug-likeness (QED) is 0.618. The summed E-state index contributed by atoms with van der Waals surface area (Å²) in [6.45, 7) is 0. The van der Waals surface area contributed by atoms with Gasteiger partial charge in [0.2, 0.25) is 5.75 Å². The normalized spacial score (nSPS) is 10.3. The van der Waals surface area contributed by atoms with Crippen LogP contribution in [-0.2, 0) is 0 Å². The Kier molecular flexibility index (Phi) is 3.75. The average molecular weight is 330 g/mol. The third kappa shape index (κ3) is 3.05. The van der Waals surface area contributed by atoms with E-state index in [1.165, 1.54) is 6.07 Å². The number of benzene rings is 2. The Morgan fingerprint density at radius 3 is 2.47 bits per heavy atom. The van der Waals surface area contributed by atoms with Gasteiger partial charge in [0, 0.05) is 10.5 Å². The fraction of sp³-hybridized carbons (Fsp3) is 0. The molecular formula is C12H6BrF2NO3. The molecule has 0 heterocycles. The molecule has 7 heteroatoms. The molecular weight excluding hydrogens is 324 g/mol. The summed E-state index contributed by atoms with van der Waals surface area (Å²) in [5.41, 5.74) is -0.640. The highest BCUT2D eigenvalue weighted by Gasteiger charge is 2.20. The number of nitrogens with zero attached hydrogens (tertiary/aromatic N) is 1. The van der Waals surface area contributed by atoms with Gasteiger partial charge in [-0.1, -0.05) is 22.0 Å². The molecule has 2 rings (SSSR count). The van der Waals surface area contributed by atoms with Crippen molar-refractivity contribution in [1.82, 2.24) is 0 Å². The van der Waals surface area contributed by atoms with E-state index in [1.54, 1.807) is 18.2 Å². The van der Waals surface area contributed by atoms with Crippen LogP contribution in [0.2, 0.25) is 0 Å². The van der Waals surface area contributed by atoms with Gasteiger partial charge in [-0.05, 0) is 18.2 Å². The third-order valence-corrected chi connectivity index (χ3v) is 2.72. The van der Waals surface area contributed by atoms with Crippen molar-refractivity contribution in [1.29, 1.82) is 0 Å². The van der Waals surface area contributed by atoms with Gasteiger partial charge in [0.05, 0.1) is 11.0 Å². The summed E-state index contributed by atoms with van der Waals surface area (Å²) in [5.74, 6) is -2.60. The fourth-order valence-electron chi connectivity index (χ4n) is 1.40. The third-order valence-electron chi connectivity index (χ3n) is 2.22. The molecule has 0 aliphatic rings. The molecule has 0 aliphatic carbocycles. The largest absolute Gasteiger partial charge is 0.450 e. The lowest BCUT2D eigenvalue weighted by Crippen LogP contribution is -1.96. The number of rotatable bonds is 3. The van der Waals surface area contributed by atoms with Gasteiger partial charge in [0.1, 0.15) is 5.75 Å². The zero-order valence-electron chi connectivity index (χ0n) is 9.27. The van der Waals surface area contributed by atoms with Crippen LogP contribution in [0.3, 0.4) is 0 Å². The number of nitro benzene ring substituents is 1. The first-order valence-corrected chi connectivity index (χ1v) is 5.83. The van der Waals surface area contributed by atoms with Gasteiger partial charge in [-0.3, -0.25) is 10.1 Å². The zero-order chi connectivity index (χ0) is 14.0. The first-order chi connectivity index (χ1) is 8.97. The smallest absolute Gasteiger partial charge is 0.314 e. The Morgan fingerprint density at radius 2 is 1.84 bits per heavy atom. The lowest BCUT2D eigenvalue weighted by molar-refractivity contribution is -0.385. The lowest BCUT2D eigenvalue weighted by atomic mass is 10.2. The highest BCUT2D eigenvalue weighted by molar-refractivity contribution is 9.10. The highest BCUT2D eigenvalue weighted by atomic mass is 79.9. The lowest BCUT2D eigenvalue weighted by Gasteiger charge is -2.07. The zero-order valence-corrected chi connectivity index (χ0v) is 10.9. The van der Waals surface area contributed by atoms with E-state index in [2.05, 4.69) is 15.9 Å². The van der Waals surface area contributed by atoms with E-state index >= 15 is 0 Å². The molecule has 0 amide bonds. The van der Waals surface area contributed by atoms with Crippen LogP contribution in [-0.4, -0.2) is 4.92 Å². The molecule has 0 aliphatic heterocycles. The Morgan fingerprint density at radius 1 is 1.16 bits per heavy atom. The molecule has 0 aromatic heterocycles. The first-order valence-electron chi connectivity index (χ1n) is 5.04. The Labute approximate surface area is 114 Å². The monoisotopic (exact) mass is 329 g/mol. The molecule has 0 radical (unpaired) electrons. The molecule has 0 unspecified atom stereocenters. The summed E-state index contributed by atoms with van der Waals surface area (Å²) in [6.07, 6.45) is 0. The molecule has 19 heavy (non-hydrogen) atoms. The molecule has 0 saturated carbocycles. The van der Waals surface area contributed by atoms with Crippen LogP contribution < -0.4 is 4.74 Å². The predicted octanol–water partition coefficient (Wildman–Crippen LogP) is 4.43. The minimum Gasteiger partial charge on any atom is -0.450 e. The summed E-state index contributed by atoms with van der Waals surface area (Å²) in [6, 6.07) is 7.59. The number of nitro groups is 1. The van der Waals surface area contributed by atoms with Gasteiger partial charge in [0.25, 0.3) is 0 Å². The van der Waals surface area contributed by atoms with Crippen LogP contribution in [0.1, 0.15) is 0 Å². The first kappa shape index (κ1) is 13.4. The number of ether oxygens (including phenoxy) is 1. The SMILES string of the molecule is O=[N+]([O-])c1cc(F)c(F)cc1Oc1cccc(Br)c1. The van der Waals surface area contributed by atoms with Gasteiger partial charge < -0.3 is 4.74 Å². The van der Waals surface area contributed by atoms with Crippen molar-refractivity contribution < 1.29 is 18.4 Å². The van der Waals surface area contributed by atoms with Crippen molar-refractivity contribution >= 4 is 21.6 Å². The van der Waals surface area contributed by atoms with Gasteiger partial charge in [-0.15, -0.1) is 0 Å². The molecule has 0 N–H and O–H groups in total. The summed E-state index contributed by atoms with van der Waals surface area (Å²) >= 11 is 3.20. The van der Waals surface area contributed by atoms with Crippen molar-refractivity contribution in [3.05, 3.63) is 62.6 Å². The van der Waals surface area contributed by atoms with Gasteiger partial charge in [-0.25, -0.2) is 8.78 Å².